The van der Waals surface area contributed by atoms with Gasteiger partial charge in [-0.25, -0.2) is 0 Å². The molecule has 132 valence electrons. The Morgan fingerprint density at radius 1 is 1.04 bits per heavy atom. The van der Waals surface area contributed by atoms with Crippen LogP contribution in [0, 0.1) is 13.8 Å². The molecule has 0 aliphatic heterocycles. The molecule has 0 unspecified atom stereocenters. The molecular formula is C20H25N3OS. The first kappa shape index (κ1) is 18.9. The standard InChI is InChI=1S/C20H25N3OS/c1-13-6-7-17(12-14(13)2)15(3)21-20(25)22-18-10-8-16(9-11-18)19(24)23(4)5/h6-12,15H,1-5H3,(H2,21,22,25)/t15-/m0/s1. The molecule has 0 heterocycles. The van der Waals surface area contributed by atoms with E-state index in [2.05, 4.69) is 49.6 Å². The molecule has 5 heteroatoms. The van der Waals surface area contributed by atoms with Crippen molar-refractivity contribution in [3.63, 3.8) is 0 Å². The van der Waals surface area contributed by atoms with Crippen LogP contribution in [0.3, 0.4) is 0 Å². The fourth-order valence-corrected chi connectivity index (χ4v) is 2.73. The Bertz CT molecular complexity index is 769. The quantitative estimate of drug-likeness (QED) is 0.812. The van der Waals surface area contributed by atoms with Crippen molar-refractivity contribution in [1.82, 2.24) is 10.2 Å². The third kappa shape index (κ3) is 5.03. The number of carbonyl (C=O) groups is 1. The Morgan fingerprint density at radius 3 is 2.24 bits per heavy atom. The van der Waals surface area contributed by atoms with Crippen molar-refractivity contribution in [3.8, 4) is 0 Å². The lowest BCUT2D eigenvalue weighted by atomic mass is 10.0. The highest BCUT2D eigenvalue weighted by atomic mass is 32.1. The first-order chi connectivity index (χ1) is 11.8. The average Bonchev–Trinajstić information content (AvgIpc) is 2.57. The zero-order chi connectivity index (χ0) is 18.6. The van der Waals surface area contributed by atoms with E-state index in [1.807, 2.05) is 12.1 Å². The number of benzene rings is 2. The molecule has 0 spiro atoms. The Kier molecular flexibility index (Phi) is 6.15. The van der Waals surface area contributed by atoms with Gasteiger partial charge in [0.25, 0.3) is 5.91 Å². The van der Waals surface area contributed by atoms with E-state index in [-0.39, 0.29) is 11.9 Å². The highest BCUT2D eigenvalue weighted by Gasteiger charge is 2.10. The van der Waals surface area contributed by atoms with Crippen LogP contribution in [0.5, 0.6) is 0 Å². The number of carbonyl (C=O) groups excluding carboxylic acids is 1. The first-order valence-corrected chi connectivity index (χ1v) is 8.65. The number of thiocarbonyl (C=S) groups is 1. The molecule has 0 saturated carbocycles. The molecule has 0 saturated heterocycles. The number of hydrogen-bond donors (Lipinski definition) is 2. The summed E-state index contributed by atoms with van der Waals surface area (Å²) in [6.45, 7) is 6.30. The third-order valence-electron chi connectivity index (χ3n) is 4.17. The molecule has 25 heavy (non-hydrogen) atoms. The van der Waals surface area contributed by atoms with Gasteiger partial charge < -0.3 is 15.5 Å². The van der Waals surface area contributed by atoms with Gasteiger partial charge in [-0.05, 0) is 73.9 Å². The summed E-state index contributed by atoms with van der Waals surface area (Å²) in [6.07, 6.45) is 0. The SMILES string of the molecule is Cc1ccc([C@H](C)NC(=S)Nc2ccc(C(=O)N(C)C)cc2)cc1C. The molecule has 2 aromatic carbocycles. The number of hydrogen-bond acceptors (Lipinski definition) is 2. The van der Waals surface area contributed by atoms with E-state index in [1.165, 1.54) is 16.7 Å². The predicted octanol–water partition coefficient (Wildman–Crippen LogP) is 4.05. The van der Waals surface area contributed by atoms with Crippen molar-refractivity contribution in [3.05, 3.63) is 64.7 Å². The van der Waals surface area contributed by atoms with E-state index in [4.69, 9.17) is 12.2 Å². The minimum atomic E-state index is -0.0179. The number of anilines is 1. The molecule has 0 aromatic heterocycles. The first-order valence-electron chi connectivity index (χ1n) is 8.24. The number of rotatable bonds is 4. The van der Waals surface area contributed by atoms with Gasteiger partial charge in [0, 0.05) is 25.3 Å². The van der Waals surface area contributed by atoms with Gasteiger partial charge in [0.15, 0.2) is 5.11 Å². The Hall–Kier alpha value is -2.40. The van der Waals surface area contributed by atoms with Gasteiger partial charge in [-0.3, -0.25) is 4.79 Å². The summed E-state index contributed by atoms with van der Waals surface area (Å²) in [5.74, 6) is -0.0179. The molecular weight excluding hydrogens is 330 g/mol. The maximum Gasteiger partial charge on any atom is 0.253 e. The normalized spacial score (nSPS) is 11.6. The fraction of sp³-hybridized carbons (Fsp3) is 0.300. The summed E-state index contributed by atoms with van der Waals surface area (Å²) in [7, 11) is 3.48. The monoisotopic (exact) mass is 355 g/mol. The van der Waals surface area contributed by atoms with Crippen molar-refractivity contribution in [2.24, 2.45) is 0 Å². The summed E-state index contributed by atoms with van der Waals surface area (Å²) in [5.41, 5.74) is 5.24. The summed E-state index contributed by atoms with van der Waals surface area (Å²) in [6, 6.07) is 13.8. The van der Waals surface area contributed by atoms with E-state index in [9.17, 15) is 4.79 Å². The summed E-state index contributed by atoms with van der Waals surface area (Å²) in [5, 5.41) is 7.00. The molecule has 2 aromatic rings. The van der Waals surface area contributed by atoms with Crippen molar-refractivity contribution in [1.29, 1.82) is 0 Å². The predicted molar refractivity (Wildman–Crippen MR) is 108 cm³/mol. The number of amides is 1. The maximum atomic E-state index is 11.9. The van der Waals surface area contributed by atoms with Crippen molar-refractivity contribution >= 4 is 28.9 Å². The van der Waals surface area contributed by atoms with Gasteiger partial charge in [0.1, 0.15) is 0 Å². The van der Waals surface area contributed by atoms with E-state index in [0.29, 0.717) is 10.7 Å². The molecule has 0 bridgehead atoms. The highest BCUT2D eigenvalue weighted by molar-refractivity contribution is 7.80. The largest absolute Gasteiger partial charge is 0.356 e. The maximum absolute atomic E-state index is 11.9. The van der Waals surface area contributed by atoms with Crippen LogP contribution in [0.2, 0.25) is 0 Å². The third-order valence-corrected chi connectivity index (χ3v) is 4.39. The van der Waals surface area contributed by atoms with Crippen LogP contribution < -0.4 is 10.6 Å². The van der Waals surface area contributed by atoms with E-state index < -0.39 is 0 Å². The second-order valence-electron chi connectivity index (χ2n) is 6.44. The fourth-order valence-electron chi connectivity index (χ4n) is 2.44. The van der Waals surface area contributed by atoms with Gasteiger partial charge in [-0.1, -0.05) is 18.2 Å². The average molecular weight is 356 g/mol. The lowest BCUT2D eigenvalue weighted by Crippen LogP contribution is -2.31. The van der Waals surface area contributed by atoms with Crippen molar-refractivity contribution in [2.45, 2.75) is 26.8 Å². The number of nitrogens with zero attached hydrogens (tertiary/aromatic N) is 1. The van der Waals surface area contributed by atoms with Crippen LogP contribution in [-0.2, 0) is 0 Å². The lowest BCUT2D eigenvalue weighted by molar-refractivity contribution is 0.0827. The van der Waals surface area contributed by atoms with E-state index >= 15 is 0 Å². The van der Waals surface area contributed by atoms with Crippen LogP contribution in [0.25, 0.3) is 0 Å². The Balaban J connectivity index is 1.97. The summed E-state index contributed by atoms with van der Waals surface area (Å²) < 4.78 is 0. The van der Waals surface area contributed by atoms with E-state index in [1.54, 1.807) is 31.1 Å². The van der Waals surface area contributed by atoms with Crippen LogP contribution in [-0.4, -0.2) is 30.0 Å². The van der Waals surface area contributed by atoms with E-state index in [0.717, 1.165) is 5.69 Å². The van der Waals surface area contributed by atoms with Crippen LogP contribution in [0.4, 0.5) is 5.69 Å². The Morgan fingerprint density at radius 2 is 1.68 bits per heavy atom. The zero-order valence-corrected chi connectivity index (χ0v) is 16.2. The van der Waals surface area contributed by atoms with Gasteiger partial charge in [-0.2, -0.15) is 0 Å². The smallest absolute Gasteiger partial charge is 0.253 e. The van der Waals surface area contributed by atoms with Crippen molar-refractivity contribution in [2.75, 3.05) is 19.4 Å². The zero-order valence-electron chi connectivity index (χ0n) is 15.4. The molecule has 4 nitrogen and oxygen atoms in total. The second-order valence-corrected chi connectivity index (χ2v) is 6.85. The molecule has 0 aliphatic rings. The van der Waals surface area contributed by atoms with Crippen molar-refractivity contribution < 1.29 is 4.79 Å². The van der Waals surface area contributed by atoms with Gasteiger partial charge in [0.2, 0.25) is 0 Å². The van der Waals surface area contributed by atoms with Gasteiger partial charge >= 0.3 is 0 Å². The van der Waals surface area contributed by atoms with Crippen LogP contribution >= 0.6 is 12.2 Å². The molecule has 0 aliphatic carbocycles. The van der Waals surface area contributed by atoms with Gasteiger partial charge in [-0.15, -0.1) is 0 Å². The molecule has 0 fully saturated rings. The van der Waals surface area contributed by atoms with Crippen LogP contribution in [0.15, 0.2) is 42.5 Å². The topological polar surface area (TPSA) is 44.4 Å². The molecule has 2 rings (SSSR count). The highest BCUT2D eigenvalue weighted by Crippen LogP contribution is 2.17. The molecule has 2 N–H and O–H groups in total. The minimum absolute atomic E-state index is 0.0179. The summed E-state index contributed by atoms with van der Waals surface area (Å²) in [4.78, 5) is 13.5. The Labute approximate surface area is 155 Å². The molecule has 1 amide bonds. The van der Waals surface area contributed by atoms with Gasteiger partial charge in [0.05, 0.1) is 6.04 Å². The number of aryl methyl sites for hydroxylation is 2. The molecule has 1 atom stereocenters. The van der Waals surface area contributed by atoms with Crippen LogP contribution in [0.1, 0.15) is 40.0 Å². The lowest BCUT2D eigenvalue weighted by Gasteiger charge is -2.18. The molecule has 0 radical (unpaired) electrons. The summed E-state index contributed by atoms with van der Waals surface area (Å²) >= 11 is 5.40. The second kappa shape index (κ2) is 8.12. The number of nitrogens with one attached hydrogen (secondary N) is 2. The minimum Gasteiger partial charge on any atom is -0.356 e.